The van der Waals surface area contributed by atoms with Gasteiger partial charge in [0.2, 0.25) is 0 Å². The van der Waals surface area contributed by atoms with Crippen molar-refractivity contribution in [2.45, 2.75) is 10.8 Å². The molecule has 0 aliphatic heterocycles. The Bertz CT molecular complexity index is 4960. The van der Waals surface area contributed by atoms with Crippen LogP contribution in [0.5, 0.6) is 0 Å². The number of nitrogens with zero attached hydrogens (tertiary/aromatic N) is 2. The molecular weight excluding hydrogens is 1020 g/mol. The van der Waals surface area contributed by atoms with E-state index in [1.807, 2.05) is 6.07 Å². The van der Waals surface area contributed by atoms with Crippen molar-refractivity contribution in [2.24, 2.45) is 0 Å². The molecule has 0 amide bonds. The van der Waals surface area contributed by atoms with Gasteiger partial charge in [0.05, 0.1) is 21.9 Å². The van der Waals surface area contributed by atoms with Gasteiger partial charge in [0.1, 0.15) is 22.3 Å². The van der Waals surface area contributed by atoms with Gasteiger partial charge in [-0.2, -0.15) is 0 Å². The molecule has 0 saturated carbocycles. The van der Waals surface area contributed by atoms with Crippen LogP contribution in [0.3, 0.4) is 0 Å². The molecule has 15 aromatic rings. The zero-order valence-electron chi connectivity index (χ0n) is 45.7. The Labute approximate surface area is 487 Å². The summed E-state index contributed by atoms with van der Waals surface area (Å²) in [6.45, 7) is 0. The fraction of sp³-hybridized carbons (Fsp3) is 0.0250. The van der Waals surface area contributed by atoms with Gasteiger partial charge in [-0.15, -0.1) is 0 Å². The molecule has 2 heterocycles. The summed E-state index contributed by atoms with van der Waals surface area (Å²) in [6, 6.07) is 115. The fourth-order valence-electron chi connectivity index (χ4n) is 14.6. The Morgan fingerprint density at radius 2 is 0.607 bits per heavy atom. The van der Waals surface area contributed by atoms with Crippen LogP contribution < -0.4 is 9.80 Å². The molecule has 0 spiro atoms. The summed E-state index contributed by atoms with van der Waals surface area (Å²) in [5.74, 6) is 0. The Morgan fingerprint density at radius 3 is 1.18 bits per heavy atom. The van der Waals surface area contributed by atoms with E-state index < -0.39 is 10.8 Å². The topological polar surface area (TPSA) is 32.8 Å². The SMILES string of the molecule is c1ccc(C2(c3ccccc3)c3ccccc3-c3ccc(N(c4cccc(N(c5ccc6c(c5)C(c5ccccc5)(c5ccccc5)c5ccccc5-6)c5cccc6oc7ccccc7c56)c4)c4ccc5oc6ccccc6c5c4)cc32)cc1. The third kappa shape index (κ3) is 6.95. The highest BCUT2D eigenvalue weighted by atomic mass is 16.3. The van der Waals surface area contributed by atoms with E-state index >= 15 is 0 Å². The fourth-order valence-corrected chi connectivity index (χ4v) is 14.6. The standard InChI is InChI=1S/C80H52N2O2/c1-5-23-53(24-6-1)79(54-25-7-2-8-26-54)69-37-17-13-33-62(69)64-46-43-60(51-71(64)79)81(59-45-48-76-68(50-59)66-35-15-19-40-74(66)83-76)57-31-21-32-58(49-57)82(73-39-22-42-77-78(73)67-36-16-20-41-75(67)84-77)61-44-47-65-63-34-14-18-38-70(63)80(72(65)52-61,55-27-9-3-10-28-55)56-29-11-4-12-30-56/h1-52H. The molecule has 0 N–H and O–H groups in total. The average molecular weight is 1070 g/mol. The molecule has 4 nitrogen and oxygen atoms in total. The number of benzene rings is 13. The summed E-state index contributed by atoms with van der Waals surface area (Å²) < 4.78 is 13.2. The summed E-state index contributed by atoms with van der Waals surface area (Å²) in [6.07, 6.45) is 0. The number of para-hydroxylation sites is 2. The van der Waals surface area contributed by atoms with Crippen LogP contribution in [0.1, 0.15) is 44.5 Å². The number of fused-ring (bicyclic) bond motifs is 12. The van der Waals surface area contributed by atoms with E-state index in [0.29, 0.717) is 0 Å². The van der Waals surface area contributed by atoms with Gasteiger partial charge < -0.3 is 18.6 Å². The Hall–Kier alpha value is -10.9. The second kappa shape index (κ2) is 18.8. The first kappa shape index (κ1) is 47.8. The van der Waals surface area contributed by atoms with Crippen molar-refractivity contribution >= 4 is 78.0 Å². The van der Waals surface area contributed by atoms with Gasteiger partial charge in [-0.25, -0.2) is 0 Å². The van der Waals surface area contributed by atoms with Gasteiger partial charge in [-0.3, -0.25) is 0 Å². The molecule has 0 radical (unpaired) electrons. The zero-order chi connectivity index (χ0) is 55.3. The summed E-state index contributed by atoms with van der Waals surface area (Å²) in [5.41, 5.74) is 23.0. The summed E-state index contributed by atoms with van der Waals surface area (Å²) in [5, 5.41) is 4.24. The summed E-state index contributed by atoms with van der Waals surface area (Å²) in [7, 11) is 0. The average Bonchev–Trinajstić information content (AvgIpc) is 2.22. The van der Waals surface area contributed by atoms with Crippen LogP contribution >= 0.6 is 0 Å². The van der Waals surface area contributed by atoms with E-state index in [9.17, 15) is 0 Å². The molecule has 4 heteroatoms. The normalized spacial score (nSPS) is 13.4. The molecule has 0 atom stereocenters. The highest BCUT2D eigenvalue weighted by Gasteiger charge is 2.48. The van der Waals surface area contributed by atoms with Gasteiger partial charge >= 0.3 is 0 Å². The molecule has 0 fully saturated rings. The minimum Gasteiger partial charge on any atom is -0.456 e. The Kier molecular flexibility index (Phi) is 10.7. The largest absolute Gasteiger partial charge is 0.456 e. The highest BCUT2D eigenvalue weighted by Crippen LogP contribution is 2.60. The van der Waals surface area contributed by atoms with Crippen molar-refractivity contribution in [3.05, 3.63) is 360 Å². The minimum atomic E-state index is -0.610. The first-order valence-corrected chi connectivity index (χ1v) is 28.9. The predicted octanol–water partition coefficient (Wildman–Crippen LogP) is 21.2. The molecular formula is C80H52N2O2. The quantitative estimate of drug-likeness (QED) is 0.137. The molecule has 0 bridgehead atoms. The number of anilines is 6. The van der Waals surface area contributed by atoms with Gasteiger partial charge in [0.15, 0.2) is 0 Å². The third-order valence-electron chi connectivity index (χ3n) is 18.0. The molecule has 0 unspecified atom stereocenters. The monoisotopic (exact) mass is 1070 g/mol. The Balaban J connectivity index is 0.928. The second-order valence-electron chi connectivity index (χ2n) is 22.2. The third-order valence-corrected chi connectivity index (χ3v) is 18.0. The van der Waals surface area contributed by atoms with Crippen LogP contribution in [0.25, 0.3) is 66.1 Å². The smallest absolute Gasteiger partial charge is 0.137 e. The first-order valence-electron chi connectivity index (χ1n) is 28.9. The molecule has 394 valence electrons. The number of furan rings is 2. The van der Waals surface area contributed by atoms with E-state index in [4.69, 9.17) is 8.83 Å². The lowest BCUT2D eigenvalue weighted by atomic mass is 9.67. The van der Waals surface area contributed by atoms with Crippen LogP contribution in [0.4, 0.5) is 34.1 Å². The zero-order valence-corrected chi connectivity index (χ0v) is 45.7. The second-order valence-corrected chi connectivity index (χ2v) is 22.2. The van der Waals surface area contributed by atoms with Crippen LogP contribution in [-0.2, 0) is 10.8 Å². The summed E-state index contributed by atoms with van der Waals surface area (Å²) in [4.78, 5) is 4.90. The van der Waals surface area contributed by atoms with Crippen molar-refractivity contribution in [3.8, 4) is 22.3 Å². The van der Waals surface area contributed by atoms with Crippen LogP contribution in [0.15, 0.2) is 324 Å². The lowest BCUT2D eigenvalue weighted by Crippen LogP contribution is -2.28. The van der Waals surface area contributed by atoms with Crippen molar-refractivity contribution in [1.29, 1.82) is 0 Å². The molecule has 0 saturated heterocycles. The minimum absolute atomic E-state index is 0.604. The maximum Gasteiger partial charge on any atom is 0.137 e. The van der Waals surface area contributed by atoms with Crippen molar-refractivity contribution < 1.29 is 8.83 Å². The first-order chi connectivity index (χ1) is 41.7. The van der Waals surface area contributed by atoms with E-state index in [0.717, 1.165) is 78.0 Å². The number of hydrogen-bond donors (Lipinski definition) is 0. The van der Waals surface area contributed by atoms with Crippen LogP contribution in [0, 0.1) is 0 Å². The van der Waals surface area contributed by atoms with E-state index in [1.165, 1.54) is 66.8 Å². The van der Waals surface area contributed by atoms with E-state index in [1.54, 1.807) is 0 Å². The van der Waals surface area contributed by atoms with E-state index in [2.05, 4.69) is 319 Å². The van der Waals surface area contributed by atoms with Gasteiger partial charge in [-0.05, 0) is 152 Å². The lowest BCUT2D eigenvalue weighted by molar-refractivity contribution is 0.668. The maximum atomic E-state index is 6.71. The van der Waals surface area contributed by atoms with Crippen LogP contribution in [-0.4, -0.2) is 0 Å². The number of rotatable bonds is 10. The Morgan fingerprint density at radius 1 is 0.226 bits per heavy atom. The lowest BCUT2D eigenvalue weighted by Gasteiger charge is -2.35. The maximum absolute atomic E-state index is 6.71. The van der Waals surface area contributed by atoms with Crippen molar-refractivity contribution in [3.63, 3.8) is 0 Å². The molecule has 17 rings (SSSR count). The van der Waals surface area contributed by atoms with E-state index in [-0.39, 0.29) is 0 Å². The van der Waals surface area contributed by atoms with Gasteiger partial charge in [-0.1, -0.05) is 231 Å². The summed E-state index contributed by atoms with van der Waals surface area (Å²) >= 11 is 0. The molecule has 84 heavy (non-hydrogen) atoms. The van der Waals surface area contributed by atoms with Gasteiger partial charge in [0, 0.05) is 44.6 Å². The predicted molar refractivity (Wildman–Crippen MR) is 345 cm³/mol. The highest BCUT2D eigenvalue weighted by molar-refractivity contribution is 6.14. The molecule has 2 aromatic heterocycles. The molecule has 13 aromatic carbocycles. The van der Waals surface area contributed by atoms with Crippen molar-refractivity contribution in [2.75, 3.05) is 9.80 Å². The van der Waals surface area contributed by atoms with Crippen LogP contribution in [0.2, 0.25) is 0 Å². The van der Waals surface area contributed by atoms with Crippen molar-refractivity contribution in [1.82, 2.24) is 0 Å². The molecule has 2 aliphatic rings. The van der Waals surface area contributed by atoms with Gasteiger partial charge in [0.25, 0.3) is 0 Å². The number of hydrogen-bond acceptors (Lipinski definition) is 4. The molecule has 2 aliphatic carbocycles.